The van der Waals surface area contributed by atoms with Gasteiger partial charge in [0.05, 0.1) is 12.6 Å². The van der Waals surface area contributed by atoms with Gasteiger partial charge in [-0.05, 0) is 18.6 Å². The van der Waals surface area contributed by atoms with Gasteiger partial charge >= 0.3 is 5.97 Å². The van der Waals surface area contributed by atoms with Gasteiger partial charge < -0.3 is 9.84 Å². The molecule has 1 fully saturated rings. The summed E-state index contributed by atoms with van der Waals surface area (Å²) in [5.41, 5.74) is 1.16. The van der Waals surface area contributed by atoms with Crippen LogP contribution in [0.15, 0.2) is 24.3 Å². The fourth-order valence-corrected chi connectivity index (χ4v) is 2.41. The molecule has 104 valence electrons. The lowest BCUT2D eigenvalue weighted by Gasteiger charge is -2.12. The quantitative estimate of drug-likeness (QED) is 0.939. The molecule has 1 N–H and O–H groups in total. The molecule has 0 radical (unpaired) electrons. The van der Waals surface area contributed by atoms with Crippen LogP contribution in [-0.4, -0.2) is 39.3 Å². The summed E-state index contributed by atoms with van der Waals surface area (Å²) in [6.07, 6.45) is 0.795. The van der Waals surface area contributed by atoms with E-state index in [4.69, 9.17) is 16.3 Å². The maximum Gasteiger partial charge on any atom is 0.358 e. The van der Waals surface area contributed by atoms with Gasteiger partial charge in [0.1, 0.15) is 5.69 Å². The van der Waals surface area contributed by atoms with E-state index in [1.807, 2.05) is 0 Å². The summed E-state index contributed by atoms with van der Waals surface area (Å²) in [6.45, 7) is 1.16. The molecule has 20 heavy (non-hydrogen) atoms. The first-order chi connectivity index (χ1) is 9.66. The van der Waals surface area contributed by atoms with Crippen LogP contribution in [0.25, 0.3) is 11.3 Å². The van der Waals surface area contributed by atoms with Crippen LogP contribution in [0.4, 0.5) is 0 Å². The molecule has 0 spiro atoms. The zero-order chi connectivity index (χ0) is 14.1. The highest BCUT2D eigenvalue weighted by molar-refractivity contribution is 6.30. The molecule has 1 unspecified atom stereocenters. The second-order valence-electron chi connectivity index (χ2n) is 4.56. The number of halogens is 1. The van der Waals surface area contributed by atoms with Crippen LogP contribution in [0.2, 0.25) is 5.02 Å². The Kier molecular flexibility index (Phi) is 3.42. The second-order valence-corrected chi connectivity index (χ2v) is 5.00. The van der Waals surface area contributed by atoms with Crippen molar-refractivity contribution in [3.8, 4) is 11.3 Å². The zero-order valence-corrected chi connectivity index (χ0v) is 11.2. The van der Waals surface area contributed by atoms with Crippen LogP contribution in [-0.2, 0) is 4.74 Å². The minimum absolute atomic E-state index is 0.0151. The highest BCUT2D eigenvalue weighted by atomic mass is 35.5. The number of nitrogens with zero attached hydrogens (tertiary/aromatic N) is 3. The summed E-state index contributed by atoms with van der Waals surface area (Å²) >= 11 is 5.87. The Hall–Kier alpha value is -1.92. The Labute approximate surface area is 119 Å². The van der Waals surface area contributed by atoms with E-state index in [9.17, 15) is 9.90 Å². The first-order valence-electron chi connectivity index (χ1n) is 6.19. The average molecular weight is 294 g/mol. The Morgan fingerprint density at radius 1 is 1.40 bits per heavy atom. The van der Waals surface area contributed by atoms with E-state index >= 15 is 0 Å². The van der Waals surface area contributed by atoms with Crippen LogP contribution in [0, 0.1) is 0 Å². The number of carbonyl (C=O) groups is 1. The van der Waals surface area contributed by atoms with E-state index in [0.29, 0.717) is 23.9 Å². The molecule has 3 rings (SSSR count). The summed E-state index contributed by atoms with van der Waals surface area (Å²) in [7, 11) is 0. The lowest BCUT2D eigenvalue weighted by Crippen LogP contribution is -2.12. The summed E-state index contributed by atoms with van der Waals surface area (Å²) in [5, 5.41) is 17.6. The monoisotopic (exact) mass is 293 g/mol. The van der Waals surface area contributed by atoms with Crippen molar-refractivity contribution in [3.63, 3.8) is 0 Å². The van der Waals surface area contributed by atoms with E-state index in [1.54, 1.807) is 28.9 Å². The van der Waals surface area contributed by atoms with Crippen molar-refractivity contribution in [1.82, 2.24) is 15.0 Å². The Bertz CT molecular complexity index is 633. The smallest absolute Gasteiger partial charge is 0.358 e. The molecule has 1 aromatic carbocycles. The Morgan fingerprint density at radius 3 is 2.75 bits per heavy atom. The molecule has 1 saturated heterocycles. The third-order valence-corrected chi connectivity index (χ3v) is 3.52. The largest absolute Gasteiger partial charge is 0.476 e. The number of hydrogen-bond donors (Lipinski definition) is 1. The molecule has 1 aliphatic heterocycles. The SMILES string of the molecule is O=C(O)c1nnn(C2CCOC2)c1-c1ccc(Cl)cc1. The molecule has 0 aliphatic carbocycles. The summed E-state index contributed by atoms with van der Waals surface area (Å²) in [5.74, 6) is -1.10. The van der Waals surface area contributed by atoms with Gasteiger partial charge in [-0.25, -0.2) is 9.48 Å². The number of aromatic nitrogens is 3. The summed E-state index contributed by atoms with van der Waals surface area (Å²) in [4.78, 5) is 11.3. The third kappa shape index (κ3) is 2.28. The van der Waals surface area contributed by atoms with Crippen molar-refractivity contribution in [1.29, 1.82) is 0 Å². The van der Waals surface area contributed by atoms with Gasteiger partial charge in [0, 0.05) is 17.2 Å². The maximum atomic E-state index is 11.3. The van der Waals surface area contributed by atoms with Gasteiger partial charge in [0.15, 0.2) is 5.69 Å². The van der Waals surface area contributed by atoms with Gasteiger partial charge in [-0.15, -0.1) is 5.10 Å². The van der Waals surface area contributed by atoms with Gasteiger partial charge in [0.2, 0.25) is 0 Å². The van der Waals surface area contributed by atoms with E-state index in [0.717, 1.165) is 12.0 Å². The average Bonchev–Trinajstić information content (AvgIpc) is 3.08. The molecule has 2 aromatic rings. The minimum atomic E-state index is -1.10. The fourth-order valence-electron chi connectivity index (χ4n) is 2.28. The molecule has 6 nitrogen and oxygen atoms in total. The van der Waals surface area contributed by atoms with E-state index in [2.05, 4.69) is 10.3 Å². The van der Waals surface area contributed by atoms with Gasteiger partial charge in [0.25, 0.3) is 0 Å². The highest BCUT2D eigenvalue weighted by Gasteiger charge is 2.27. The topological polar surface area (TPSA) is 77.2 Å². The number of rotatable bonds is 3. The third-order valence-electron chi connectivity index (χ3n) is 3.27. The molecule has 1 aliphatic rings. The van der Waals surface area contributed by atoms with Crippen molar-refractivity contribution >= 4 is 17.6 Å². The normalized spacial score (nSPS) is 18.4. The van der Waals surface area contributed by atoms with Gasteiger partial charge in [-0.3, -0.25) is 0 Å². The van der Waals surface area contributed by atoms with Crippen LogP contribution in [0.5, 0.6) is 0 Å². The maximum absolute atomic E-state index is 11.3. The van der Waals surface area contributed by atoms with Crippen molar-refractivity contribution in [2.24, 2.45) is 0 Å². The summed E-state index contributed by atoms with van der Waals surface area (Å²) < 4.78 is 6.97. The molecule has 0 bridgehead atoms. The molecule has 0 amide bonds. The molecular weight excluding hydrogens is 282 g/mol. The number of carboxylic acids is 1. The van der Waals surface area contributed by atoms with Crippen LogP contribution < -0.4 is 0 Å². The second kappa shape index (κ2) is 5.22. The van der Waals surface area contributed by atoms with Crippen molar-refractivity contribution in [2.45, 2.75) is 12.5 Å². The molecule has 1 atom stereocenters. The highest BCUT2D eigenvalue weighted by Crippen LogP contribution is 2.29. The minimum Gasteiger partial charge on any atom is -0.476 e. The number of carboxylic acid groups (broad SMARTS) is 1. The lowest BCUT2D eigenvalue weighted by atomic mass is 10.1. The van der Waals surface area contributed by atoms with Crippen molar-refractivity contribution < 1.29 is 14.6 Å². The van der Waals surface area contributed by atoms with Crippen LogP contribution in [0.3, 0.4) is 0 Å². The van der Waals surface area contributed by atoms with Gasteiger partial charge in [-0.1, -0.05) is 28.9 Å². The fraction of sp³-hybridized carbons (Fsp3) is 0.308. The molecule has 7 heteroatoms. The Morgan fingerprint density at radius 2 is 2.15 bits per heavy atom. The Balaban J connectivity index is 2.12. The molecule has 2 heterocycles. The van der Waals surface area contributed by atoms with Crippen LogP contribution in [0.1, 0.15) is 23.0 Å². The predicted molar refractivity (Wildman–Crippen MR) is 71.9 cm³/mol. The van der Waals surface area contributed by atoms with E-state index in [1.165, 1.54) is 0 Å². The first-order valence-corrected chi connectivity index (χ1v) is 6.57. The number of hydrogen-bond acceptors (Lipinski definition) is 4. The number of ether oxygens (including phenoxy) is 1. The first kappa shape index (κ1) is 13.1. The van der Waals surface area contributed by atoms with Crippen molar-refractivity contribution in [3.05, 3.63) is 35.0 Å². The standard InChI is InChI=1S/C13H12ClN3O3/c14-9-3-1-8(2-4-9)12-11(13(18)19)15-16-17(12)10-5-6-20-7-10/h1-4,10H,5-7H2,(H,18,19). The molecule has 1 aromatic heterocycles. The summed E-state index contributed by atoms with van der Waals surface area (Å²) in [6, 6.07) is 6.97. The predicted octanol–water partition coefficient (Wildman–Crippen LogP) is 2.26. The van der Waals surface area contributed by atoms with Crippen LogP contribution >= 0.6 is 11.6 Å². The number of benzene rings is 1. The van der Waals surface area contributed by atoms with Gasteiger partial charge in [-0.2, -0.15) is 0 Å². The number of aromatic carboxylic acids is 1. The zero-order valence-electron chi connectivity index (χ0n) is 10.5. The van der Waals surface area contributed by atoms with Crippen molar-refractivity contribution in [2.75, 3.05) is 13.2 Å². The van der Waals surface area contributed by atoms with E-state index in [-0.39, 0.29) is 11.7 Å². The van der Waals surface area contributed by atoms with E-state index < -0.39 is 5.97 Å². The molecule has 0 saturated carbocycles. The lowest BCUT2D eigenvalue weighted by molar-refractivity contribution is 0.0691. The molecular formula is C13H12ClN3O3.